The van der Waals surface area contributed by atoms with Gasteiger partial charge in [0, 0.05) is 11.1 Å². The average Bonchev–Trinajstić information content (AvgIpc) is 2.71. The van der Waals surface area contributed by atoms with Crippen LogP contribution in [0.2, 0.25) is 0 Å². The highest BCUT2D eigenvalue weighted by atomic mass is 32.2. The van der Waals surface area contributed by atoms with E-state index in [1.54, 1.807) is 18.2 Å². The topological polar surface area (TPSA) is 33.2 Å². The van der Waals surface area contributed by atoms with Crippen LogP contribution in [0.1, 0.15) is 21.6 Å². The lowest BCUT2D eigenvalue weighted by atomic mass is 10.0. The van der Waals surface area contributed by atoms with Crippen molar-refractivity contribution < 1.29 is 22.4 Å². The minimum absolute atomic E-state index is 0.0441. The lowest BCUT2D eigenvalue weighted by Gasteiger charge is -2.28. The summed E-state index contributed by atoms with van der Waals surface area (Å²) < 4.78 is 52.2. The van der Waals surface area contributed by atoms with Gasteiger partial charge in [-0.15, -0.1) is 11.8 Å². The highest BCUT2D eigenvalue weighted by Crippen LogP contribution is 2.35. The van der Waals surface area contributed by atoms with E-state index in [0.717, 1.165) is 17.0 Å². The molecule has 1 aliphatic rings. The predicted octanol–water partition coefficient (Wildman–Crippen LogP) is 5.61. The van der Waals surface area contributed by atoms with Gasteiger partial charge in [0.2, 0.25) is 0 Å². The second-order valence-electron chi connectivity index (χ2n) is 6.49. The lowest BCUT2D eigenvalue weighted by molar-refractivity contribution is -0.137. The molecule has 0 saturated carbocycles. The second kappa shape index (κ2) is 7.51. The Morgan fingerprint density at radius 3 is 2.45 bits per heavy atom. The molecule has 3 aromatic rings. The fourth-order valence-electron chi connectivity index (χ4n) is 3.06. The SMILES string of the molecule is O=C1c2cc(-c3ccc(C(F)(F)F)cc3)ccc2SCN1Cc1ncccc1F. The van der Waals surface area contributed by atoms with E-state index in [0.29, 0.717) is 22.6 Å². The van der Waals surface area contributed by atoms with Crippen molar-refractivity contribution in [3.05, 3.63) is 83.4 Å². The number of nitrogens with zero attached hydrogens (tertiary/aromatic N) is 2. The molecule has 8 heteroatoms. The van der Waals surface area contributed by atoms with Crippen LogP contribution in [0.15, 0.2) is 65.7 Å². The minimum atomic E-state index is -4.40. The molecule has 0 bridgehead atoms. The van der Waals surface area contributed by atoms with Gasteiger partial charge in [-0.1, -0.05) is 18.2 Å². The number of carbonyl (C=O) groups is 1. The zero-order chi connectivity index (χ0) is 20.6. The summed E-state index contributed by atoms with van der Waals surface area (Å²) >= 11 is 1.44. The number of aromatic nitrogens is 1. The number of alkyl halides is 3. The van der Waals surface area contributed by atoms with Crippen LogP contribution in [0.25, 0.3) is 11.1 Å². The van der Waals surface area contributed by atoms with Gasteiger partial charge < -0.3 is 4.90 Å². The Balaban J connectivity index is 1.61. The third-order valence-corrected chi connectivity index (χ3v) is 5.70. The van der Waals surface area contributed by atoms with Gasteiger partial charge >= 0.3 is 6.18 Å². The van der Waals surface area contributed by atoms with Gasteiger partial charge in [-0.3, -0.25) is 9.78 Å². The Hall–Kier alpha value is -2.87. The van der Waals surface area contributed by atoms with Crippen molar-refractivity contribution in [1.82, 2.24) is 9.88 Å². The largest absolute Gasteiger partial charge is 0.416 e. The normalized spacial score (nSPS) is 14.1. The average molecular weight is 418 g/mol. The van der Waals surface area contributed by atoms with E-state index >= 15 is 0 Å². The highest BCUT2D eigenvalue weighted by Gasteiger charge is 2.30. The molecule has 0 atom stereocenters. The summed E-state index contributed by atoms with van der Waals surface area (Å²) in [6.45, 7) is 0.0441. The molecule has 1 aliphatic heterocycles. The van der Waals surface area contributed by atoms with Crippen molar-refractivity contribution in [3.8, 4) is 11.1 Å². The molecule has 0 saturated heterocycles. The van der Waals surface area contributed by atoms with Crippen LogP contribution in [-0.2, 0) is 12.7 Å². The molecule has 3 nitrogen and oxygen atoms in total. The van der Waals surface area contributed by atoms with Gasteiger partial charge in [-0.05, 0) is 47.5 Å². The molecule has 4 rings (SSSR count). The van der Waals surface area contributed by atoms with Gasteiger partial charge in [0.05, 0.1) is 29.2 Å². The van der Waals surface area contributed by atoms with Crippen molar-refractivity contribution in [1.29, 1.82) is 0 Å². The van der Waals surface area contributed by atoms with Crippen LogP contribution >= 0.6 is 11.8 Å². The van der Waals surface area contributed by atoms with Gasteiger partial charge in [-0.2, -0.15) is 13.2 Å². The first-order valence-corrected chi connectivity index (χ1v) is 9.64. The van der Waals surface area contributed by atoms with E-state index in [9.17, 15) is 22.4 Å². The standard InChI is InChI=1S/C21H14F4N2OS/c22-17-2-1-9-26-18(17)11-27-12-29-19-8-5-14(10-16(19)20(27)28)13-3-6-15(7-4-13)21(23,24)25/h1-10H,11-12H2. The smallest absolute Gasteiger partial charge is 0.323 e. The molecule has 0 fully saturated rings. The molecule has 148 valence electrons. The van der Waals surface area contributed by atoms with Crippen LogP contribution in [-0.4, -0.2) is 21.7 Å². The predicted molar refractivity (Wildman–Crippen MR) is 102 cm³/mol. The fraction of sp³-hybridized carbons (Fsp3) is 0.143. The number of fused-ring (bicyclic) bond motifs is 1. The van der Waals surface area contributed by atoms with Gasteiger partial charge in [0.1, 0.15) is 5.82 Å². The Bertz CT molecular complexity index is 1070. The molecular weight excluding hydrogens is 404 g/mol. The Morgan fingerprint density at radius 2 is 1.76 bits per heavy atom. The summed E-state index contributed by atoms with van der Waals surface area (Å²) in [5.74, 6) is -0.381. The molecular formula is C21H14F4N2OS. The van der Waals surface area contributed by atoms with Crippen molar-refractivity contribution in [2.24, 2.45) is 0 Å². The fourth-order valence-corrected chi connectivity index (χ4v) is 4.03. The first-order chi connectivity index (χ1) is 13.8. The molecule has 0 radical (unpaired) electrons. The monoisotopic (exact) mass is 418 g/mol. The summed E-state index contributed by atoms with van der Waals surface area (Å²) in [5.41, 5.74) is 1.11. The molecule has 2 heterocycles. The van der Waals surface area contributed by atoms with E-state index in [2.05, 4.69) is 4.98 Å². The number of thioether (sulfide) groups is 1. The number of carbonyl (C=O) groups excluding carboxylic acids is 1. The van der Waals surface area contributed by atoms with Gasteiger partial charge in [-0.25, -0.2) is 4.39 Å². The van der Waals surface area contributed by atoms with Crippen molar-refractivity contribution in [2.75, 3.05) is 5.88 Å². The molecule has 29 heavy (non-hydrogen) atoms. The Morgan fingerprint density at radius 1 is 1.03 bits per heavy atom. The van der Waals surface area contributed by atoms with Gasteiger partial charge in [0.25, 0.3) is 5.91 Å². The summed E-state index contributed by atoms with van der Waals surface area (Å²) in [5, 5.41) is 0. The molecule has 1 amide bonds. The van der Waals surface area contributed by atoms with E-state index in [-0.39, 0.29) is 18.1 Å². The third-order valence-electron chi connectivity index (χ3n) is 4.59. The van der Waals surface area contributed by atoms with Crippen LogP contribution < -0.4 is 0 Å². The van der Waals surface area contributed by atoms with Crippen LogP contribution in [0.5, 0.6) is 0 Å². The summed E-state index contributed by atoms with van der Waals surface area (Å²) in [4.78, 5) is 19.2. The maximum Gasteiger partial charge on any atom is 0.416 e. The molecule has 2 aromatic carbocycles. The second-order valence-corrected chi connectivity index (χ2v) is 7.48. The summed E-state index contributed by atoms with van der Waals surface area (Å²) in [6, 6.07) is 12.8. The number of benzene rings is 2. The summed E-state index contributed by atoms with van der Waals surface area (Å²) in [7, 11) is 0. The molecule has 0 unspecified atom stereocenters. The maximum absolute atomic E-state index is 13.9. The Labute approximate surface area is 168 Å². The molecule has 1 aromatic heterocycles. The number of hydrogen-bond acceptors (Lipinski definition) is 3. The maximum atomic E-state index is 13.9. The van der Waals surface area contributed by atoms with E-state index in [1.807, 2.05) is 0 Å². The lowest BCUT2D eigenvalue weighted by Crippen LogP contribution is -2.34. The number of pyridine rings is 1. The zero-order valence-corrected chi connectivity index (χ0v) is 15.7. The van der Waals surface area contributed by atoms with Crippen LogP contribution in [0, 0.1) is 5.82 Å². The first-order valence-electron chi connectivity index (χ1n) is 8.66. The number of halogens is 4. The minimum Gasteiger partial charge on any atom is -0.323 e. The van der Waals surface area contributed by atoms with Crippen molar-refractivity contribution in [3.63, 3.8) is 0 Å². The van der Waals surface area contributed by atoms with E-state index in [4.69, 9.17) is 0 Å². The third kappa shape index (κ3) is 3.98. The van der Waals surface area contributed by atoms with Crippen molar-refractivity contribution >= 4 is 17.7 Å². The zero-order valence-electron chi connectivity index (χ0n) is 14.9. The van der Waals surface area contributed by atoms with Crippen LogP contribution in [0.3, 0.4) is 0 Å². The van der Waals surface area contributed by atoms with Crippen molar-refractivity contribution in [2.45, 2.75) is 17.6 Å². The molecule has 0 spiro atoms. The number of hydrogen-bond donors (Lipinski definition) is 0. The van der Waals surface area contributed by atoms with Gasteiger partial charge in [0.15, 0.2) is 0 Å². The van der Waals surface area contributed by atoms with Crippen LogP contribution in [0.4, 0.5) is 17.6 Å². The summed E-state index contributed by atoms with van der Waals surface area (Å²) in [6.07, 6.45) is -2.93. The number of amides is 1. The van der Waals surface area contributed by atoms with E-state index < -0.39 is 17.6 Å². The van der Waals surface area contributed by atoms with E-state index in [1.165, 1.54) is 47.1 Å². The number of rotatable bonds is 3. The molecule has 0 aliphatic carbocycles. The molecule has 0 N–H and O–H groups in total. The highest BCUT2D eigenvalue weighted by molar-refractivity contribution is 7.99. The Kier molecular flexibility index (Phi) is 5.04. The quantitative estimate of drug-likeness (QED) is 0.518. The first kappa shape index (κ1) is 19.4.